The molecule has 226 valence electrons. The summed E-state index contributed by atoms with van der Waals surface area (Å²) in [6.45, 7) is 11.1. The Morgan fingerprint density at radius 2 is 1.60 bits per heavy atom. The Balaban J connectivity index is 2.09. The number of anilines is 1. The Morgan fingerprint density at radius 3 is 2.19 bits per heavy atom. The summed E-state index contributed by atoms with van der Waals surface area (Å²) in [7, 11) is -2.56. The standard InChI is InChI=1S/C33H43N3O5S/c1-8-26(6)34-33(38)31(9-2)35(21-27-11-10-12-29(20-27)41-7)32(37)22-36(28-16-15-24(4)25(5)19-28)42(39,40)30-17-13-23(3)14-18-30/h10-20,26,31H,8-9,21-22H2,1-7H3,(H,34,38)/t26-,31+/m1/s1. The first-order valence-electron chi connectivity index (χ1n) is 14.3. The first-order chi connectivity index (χ1) is 19.9. The average Bonchev–Trinajstić information content (AvgIpc) is 2.97. The molecule has 0 saturated carbocycles. The average molecular weight is 594 g/mol. The number of carbonyl (C=O) groups excluding carboxylic acids is 2. The highest BCUT2D eigenvalue weighted by Gasteiger charge is 2.34. The van der Waals surface area contributed by atoms with Crippen molar-refractivity contribution in [3.8, 4) is 5.75 Å². The van der Waals surface area contributed by atoms with Crippen molar-refractivity contribution < 1.29 is 22.7 Å². The van der Waals surface area contributed by atoms with E-state index >= 15 is 0 Å². The summed E-state index contributed by atoms with van der Waals surface area (Å²) in [6, 6.07) is 18.3. The molecule has 0 aliphatic rings. The monoisotopic (exact) mass is 593 g/mol. The summed E-state index contributed by atoms with van der Waals surface area (Å²) < 4.78 is 34.6. The van der Waals surface area contributed by atoms with Crippen molar-refractivity contribution in [3.05, 3.63) is 89.0 Å². The Bertz CT molecular complexity index is 1490. The molecule has 0 heterocycles. The summed E-state index contributed by atoms with van der Waals surface area (Å²) in [5, 5.41) is 2.99. The molecule has 1 N–H and O–H groups in total. The lowest BCUT2D eigenvalue weighted by atomic mass is 10.1. The Kier molecular flexibility index (Phi) is 11.2. The quantitative estimate of drug-likeness (QED) is 0.281. The number of benzene rings is 3. The van der Waals surface area contributed by atoms with Gasteiger partial charge in [0, 0.05) is 12.6 Å². The fourth-order valence-electron chi connectivity index (χ4n) is 4.58. The van der Waals surface area contributed by atoms with Gasteiger partial charge >= 0.3 is 0 Å². The molecule has 0 aliphatic carbocycles. The number of rotatable bonds is 13. The molecule has 42 heavy (non-hydrogen) atoms. The normalized spacial score (nSPS) is 12.7. The van der Waals surface area contributed by atoms with Gasteiger partial charge in [-0.2, -0.15) is 0 Å². The second-order valence-corrected chi connectivity index (χ2v) is 12.6. The molecule has 8 nitrogen and oxygen atoms in total. The van der Waals surface area contributed by atoms with Crippen LogP contribution < -0.4 is 14.4 Å². The fraction of sp³-hybridized carbons (Fsp3) is 0.394. The van der Waals surface area contributed by atoms with Gasteiger partial charge in [0.05, 0.1) is 17.7 Å². The van der Waals surface area contributed by atoms with Crippen molar-refractivity contribution >= 4 is 27.5 Å². The fourth-order valence-corrected chi connectivity index (χ4v) is 5.98. The maximum absolute atomic E-state index is 14.2. The molecule has 9 heteroatoms. The highest BCUT2D eigenvalue weighted by Crippen LogP contribution is 2.27. The molecule has 0 spiro atoms. The van der Waals surface area contributed by atoms with Crippen LogP contribution in [0.1, 0.15) is 55.9 Å². The zero-order chi connectivity index (χ0) is 31.0. The molecule has 0 saturated heterocycles. The SMILES string of the molecule is CC[C@@H](C)NC(=O)[C@H](CC)N(Cc1cccc(OC)c1)C(=O)CN(c1ccc(C)c(C)c1)S(=O)(=O)c1ccc(C)cc1. The van der Waals surface area contributed by atoms with Gasteiger partial charge in [-0.3, -0.25) is 13.9 Å². The van der Waals surface area contributed by atoms with Gasteiger partial charge in [0.2, 0.25) is 11.8 Å². The van der Waals surface area contributed by atoms with Gasteiger partial charge in [0.15, 0.2) is 0 Å². The summed E-state index contributed by atoms with van der Waals surface area (Å²) in [5.74, 6) is -0.143. The first kappa shape index (κ1) is 32.7. The molecule has 3 aromatic carbocycles. The van der Waals surface area contributed by atoms with Crippen LogP contribution in [-0.4, -0.2) is 50.9 Å². The molecular formula is C33H43N3O5S. The summed E-state index contributed by atoms with van der Waals surface area (Å²) in [6.07, 6.45) is 1.09. The van der Waals surface area contributed by atoms with Gasteiger partial charge in [0.1, 0.15) is 18.3 Å². The zero-order valence-electron chi connectivity index (χ0n) is 25.7. The minimum atomic E-state index is -4.12. The molecule has 0 radical (unpaired) electrons. The minimum Gasteiger partial charge on any atom is -0.497 e. The van der Waals surface area contributed by atoms with Crippen LogP contribution in [0.2, 0.25) is 0 Å². The van der Waals surface area contributed by atoms with Crippen molar-refractivity contribution in [2.24, 2.45) is 0 Å². The van der Waals surface area contributed by atoms with E-state index in [0.29, 0.717) is 17.9 Å². The zero-order valence-corrected chi connectivity index (χ0v) is 26.5. The van der Waals surface area contributed by atoms with Crippen LogP contribution in [0.4, 0.5) is 5.69 Å². The van der Waals surface area contributed by atoms with E-state index in [-0.39, 0.29) is 23.4 Å². The molecule has 0 aromatic heterocycles. The third-order valence-corrected chi connectivity index (χ3v) is 9.33. The number of aryl methyl sites for hydroxylation is 3. The minimum absolute atomic E-state index is 0.0748. The molecule has 0 aliphatic heterocycles. The van der Waals surface area contributed by atoms with Crippen molar-refractivity contribution in [2.45, 2.75) is 77.9 Å². The lowest BCUT2D eigenvalue weighted by molar-refractivity contribution is -0.140. The van der Waals surface area contributed by atoms with E-state index in [9.17, 15) is 18.0 Å². The van der Waals surface area contributed by atoms with Crippen LogP contribution in [0.25, 0.3) is 0 Å². The number of nitrogens with one attached hydrogen (secondary N) is 1. The molecule has 0 unspecified atom stereocenters. The van der Waals surface area contributed by atoms with E-state index in [0.717, 1.165) is 33.0 Å². The van der Waals surface area contributed by atoms with Crippen molar-refractivity contribution in [2.75, 3.05) is 18.0 Å². The second kappa shape index (κ2) is 14.4. The lowest BCUT2D eigenvalue weighted by Gasteiger charge is -2.34. The highest BCUT2D eigenvalue weighted by molar-refractivity contribution is 7.92. The number of ether oxygens (including phenoxy) is 1. The number of amides is 2. The number of hydrogen-bond donors (Lipinski definition) is 1. The van der Waals surface area contributed by atoms with Gasteiger partial charge in [-0.15, -0.1) is 0 Å². The van der Waals surface area contributed by atoms with E-state index in [2.05, 4.69) is 5.32 Å². The van der Waals surface area contributed by atoms with Crippen LogP contribution in [0, 0.1) is 20.8 Å². The Labute approximate surface area is 250 Å². The largest absolute Gasteiger partial charge is 0.497 e. The van der Waals surface area contributed by atoms with Gasteiger partial charge in [-0.05, 0) is 93.6 Å². The lowest BCUT2D eigenvalue weighted by Crippen LogP contribution is -2.53. The van der Waals surface area contributed by atoms with E-state index < -0.39 is 28.5 Å². The predicted molar refractivity (Wildman–Crippen MR) is 167 cm³/mol. The van der Waals surface area contributed by atoms with Gasteiger partial charge in [-0.1, -0.05) is 49.7 Å². The van der Waals surface area contributed by atoms with Crippen LogP contribution in [-0.2, 0) is 26.2 Å². The Hall–Kier alpha value is -3.85. The number of hydrogen-bond acceptors (Lipinski definition) is 5. The van der Waals surface area contributed by atoms with E-state index in [1.54, 1.807) is 49.6 Å². The summed E-state index contributed by atoms with van der Waals surface area (Å²) in [5.41, 5.74) is 3.97. The van der Waals surface area contributed by atoms with Crippen LogP contribution in [0.15, 0.2) is 71.6 Å². The molecule has 2 atom stereocenters. The third-order valence-electron chi connectivity index (χ3n) is 7.54. The predicted octanol–water partition coefficient (Wildman–Crippen LogP) is 5.54. The maximum Gasteiger partial charge on any atom is 0.264 e. The van der Waals surface area contributed by atoms with Gasteiger partial charge in [0.25, 0.3) is 10.0 Å². The van der Waals surface area contributed by atoms with Crippen molar-refractivity contribution in [1.82, 2.24) is 10.2 Å². The van der Waals surface area contributed by atoms with Crippen LogP contribution in [0.5, 0.6) is 5.75 Å². The summed E-state index contributed by atoms with van der Waals surface area (Å²) >= 11 is 0. The number of nitrogens with zero attached hydrogens (tertiary/aromatic N) is 2. The molecular weight excluding hydrogens is 550 g/mol. The molecule has 2 amide bonds. The molecule has 0 bridgehead atoms. The van der Waals surface area contributed by atoms with E-state index in [1.165, 1.54) is 4.90 Å². The maximum atomic E-state index is 14.2. The van der Waals surface area contributed by atoms with Crippen molar-refractivity contribution in [1.29, 1.82) is 0 Å². The molecule has 3 rings (SSSR count). The number of carbonyl (C=O) groups is 2. The number of methoxy groups -OCH3 is 1. The van der Waals surface area contributed by atoms with Crippen LogP contribution in [0.3, 0.4) is 0 Å². The van der Waals surface area contributed by atoms with Crippen molar-refractivity contribution in [3.63, 3.8) is 0 Å². The van der Waals surface area contributed by atoms with Gasteiger partial charge in [-0.25, -0.2) is 8.42 Å². The van der Waals surface area contributed by atoms with E-state index in [1.807, 2.05) is 65.8 Å². The third kappa shape index (κ3) is 7.91. The van der Waals surface area contributed by atoms with Crippen LogP contribution >= 0.6 is 0 Å². The molecule has 0 fully saturated rings. The molecule has 3 aromatic rings. The number of sulfonamides is 1. The first-order valence-corrected chi connectivity index (χ1v) is 15.7. The smallest absolute Gasteiger partial charge is 0.264 e. The second-order valence-electron chi connectivity index (χ2n) is 10.7. The van der Waals surface area contributed by atoms with Gasteiger partial charge < -0.3 is 15.0 Å². The topological polar surface area (TPSA) is 96.0 Å². The van der Waals surface area contributed by atoms with E-state index in [4.69, 9.17) is 4.74 Å². The highest BCUT2D eigenvalue weighted by atomic mass is 32.2. The summed E-state index contributed by atoms with van der Waals surface area (Å²) in [4.78, 5) is 29.2. The Morgan fingerprint density at radius 1 is 0.905 bits per heavy atom.